The molecule has 0 fully saturated rings. The van der Waals surface area contributed by atoms with E-state index in [1.54, 1.807) is 31.2 Å². The van der Waals surface area contributed by atoms with Crippen LogP contribution in [0.25, 0.3) is 0 Å². The Labute approximate surface area is 121 Å². The molecule has 7 nitrogen and oxygen atoms in total. The molecule has 0 spiro atoms. The van der Waals surface area contributed by atoms with Crippen molar-refractivity contribution in [1.82, 2.24) is 0 Å². The first-order valence-electron chi connectivity index (χ1n) is 5.95. The van der Waals surface area contributed by atoms with Gasteiger partial charge >= 0.3 is 5.97 Å². The summed E-state index contributed by atoms with van der Waals surface area (Å²) in [6.45, 7) is 5.09. The Hall–Kier alpha value is -2.76. The van der Waals surface area contributed by atoms with Gasteiger partial charge in [-0.2, -0.15) is 9.88 Å². The number of esters is 1. The third kappa shape index (κ3) is 6.81. The smallest absolute Gasteiger partial charge is 0.333 e. The Balaban J connectivity index is 2.26. The number of carbonyl (C=O) groups excluding carboxylic acids is 2. The van der Waals surface area contributed by atoms with Crippen LogP contribution in [0.15, 0.2) is 46.4 Å². The number of aliphatic imine (C=N–C) groups is 2. The van der Waals surface area contributed by atoms with Gasteiger partial charge in [-0.15, -0.1) is 0 Å². The van der Waals surface area contributed by atoms with E-state index in [-0.39, 0.29) is 13.2 Å². The van der Waals surface area contributed by atoms with E-state index in [4.69, 9.17) is 9.62 Å². The molecule has 0 atom stereocenters. The summed E-state index contributed by atoms with van der Waals surface area (Å²) in [6, 6.07) is 6.58. The molecule has 0 saturated carbocycles. The summed E-state index contributed by atoms with van der Waals surface area (Å²) in [5.74, 6) is -0.486. The van der Waals surface area contributed by atoms with E-state index in [0.717, 1.165) is 6.40 Å². The standard InChI is InChI=1S/C14H14N2O5/c1-11(2)14(18)19-6-7-20-21-10-16-13-5-3-4-12(8-13)15-9-17/h3-5,8,10H,1,6-7H2,2H3. The van der Waals surface area contributed by atoms with Gasteiger partial charge < -0.3 is 9.62 Å². The van der Waals surface area contributed by atoms with E-state index < -0.39 is 5.97 Å². The molecule has 1 aromatic carbocycles. The van der Waals surface area contributed by atoms with Crippen molar-refractivity contribution >= 4 is 29.8 Å². The van der Waals surface area contributed by atoms with Gasteiger partial charge in [0, 0.05) is 5.57 Å². The number of nitrogens with zero attached hydrogens (tertiary/aromatic N) is 2. The van der Waals surface area contributed by atoms with E-state index in [9.17, 15) is 9.59 Å². The van der Waals surface area contributed by atoms with Crippen molar-refractivity contribution in [2.24, 2.45) is 9.98 Å². The average molecular weight is 290 g/mol. The van der Waals surface area contributed by atoms with Crippen LogP contribution in [0.4, 0.5) is 11.4 Å². The van der Waals surface area contributed by atoms with E-state index in [2.05, 4.69) is 21.5 Å². The molecule has 21 heavy (non-hydrogen) atoms. The van der Waals surface area contributed by atoms with Crippen LogP contribution < -0.4 is 0 Å². The summed E-state index contributed by atoms with van der Waals surface area (Å²) >= 11 is 0. The molecule has 0 aliphatic rings. The third-order valence-corrected chi connectivity index (χ3v) is 2.07. The van der Waals surface area contributed by atoms with Gasteiger partial charge in [-0.3, -0.25) is 0 Å². The molecule has 0 N–H and O–H groups in total. The molecule has 0 unspecified atom stereocenters. The monoisotopic (exact) mass is 290 g/mol. The normalized spacial score (nSPS) is 9.95. The van der Waals surface area contributed by atoms with Crippen LogP contribution in [0.5, 0.6) is 0 Å². The van der Waals surface area contributed by atoms with Gasteiger partial charge in [0.25, 0.3) is 0 Å². The SMILES string of the molecule is C=C(C)C(=O)OCCOOC=Nc1cccc(N=C=O)c1. The van der Waals surface area contributed by atoms with Crippen LogP contribution in [0, 0.1) is 0 Å². The summed E-state index contributed by atoms with van der Waals surface area (Å²) < 4.78 is 4.77. The van der Waals surface area contributed by atoms with Crippen molar-refractivity contribution in [2.45, 2.75) is 6.92 Å². The maximum Gasteiger partial charge on any atom is 0.333 e. The molecule has 7 heteroatoms. The van der Waals surface area contributed by atoms with Crippen molar-refractivity contribution in [3.8, 4) is 0 Å². The average Bonchev–Trinajstić information content (AvgIpc) is 2.46. The highest BCUT2D eigenvalue weighted by molar-refractivity contribution is 5.86. The number of isocyanates is 1. The zero-order valence-corrected chi connectivity index (χ0v) is 11.4. The number of hydrogen-bond donors (Lipinski definition) is 0. The van der Waals surface area contributed by atoms with Gasteiger partial charge in [-0.05, 0) is 25.1 Å². The van der Waals surface area contributed by atoms with E-state index in [1.165, 1.54) is 6.08 Å². The van der Waals surface area contributed by atoms with Gasteiger partial charge in [0.2, 0.25) is 12.5 Å². The fourth-order valence-corrected chi connectivity index (χ4v) is 1.15. The lowest BCUT2D eigenvalue weighted by Gasteiger charge is -2.03. The highest BCUT2D eigenvalue weighted by Gasteiger charge is 2.01. The first kappa shape index (κ1) is 16.3. The molecule has 1 rings (SSSR count). The molecule has 0 saturated heterocycles. The molecule has 1 aromatic rings. The van der Waals surface area contributed by atoms with Gasteiger partial charge in [-0.25, -0.2) is 14.6 Å². The zero-order chi connectivity index (χ0) is 15.5. The molecule has 0 aliphatic heterocycles. The Morgan fingerprint density at radius 3 is 2.86 bits per heavy atom. The number of benzene rings is 1. The molecule has 0 amide bonds. The summed E-state index contributed by atoms with van der Waals surface area (Å²) in [6.07, 6.45) is 2.51. The predicted molar refractivity (Wildman–Crippen MR) is 75.2 cm³/mol. The summed E-state index contributed by atoms with van der Waals surface area (Å²) in [5.41, 5.74) is 1.28. The van der Waals surface area contributed by atoms with Gasteiger partial charge in [0.05, 0.1) is 11.4 Å². The van der Waals surface area contributed by atoms with Crippen LogP contribution in [-0.2, 0) is 24.1 Å². The molecule has 110 valence electrons. The largest absolute Gasteiger partial charge is 0.460 e. The van der Waals surface area contributed by atoms with Crippen molar-refractivity contribution in [3.05, 3.63) is 36.4 Å². The lowest BCUT2D eigenvalue weighted by Crippen LogP contribution is -2.10. The van der Waals surface area contributed by atoms with Crippen molar-refractivity contribution < 1.29 is 24.1 Å². The Bertz CT molecular complexity index is 576. The van der Waals surface area contributed by atoms with Crippen molar-refractivity contribution in [1.29, 1.82) is 0 Å². The molecule has 0 bridgehead atoms. The topological polar surface area (TPSA) is 86.6 Å². The number of ether oxygens (including phenoxy) is 1. The first-order valence-corrected chi connectivity index (χ1v) is 5.95. The van der Waals surface area contributed by atoms with E-state index >= 15 is 0 Å². The van der Waals surface area contributed by atoms with Gasteiger partial charge in [0.1, 0.15) is 13.2 Å². The lowest BCUT2D eigenvalue weighted by molar-refractivity contribution is -0.223. The fraction of sp³-hybridized carbons (Fsp3) is 0.214. The van der Waals surface area contributed by atoms with Gasteiger partial charge in [-0.1, -0.05) is 12.6 Å². The predicted octanol–water partition coefficient (Wildman–Crippen LogP) is 2.38. The highest BCUT2D eigenvalue weighted by atomic mass is 17.2. The minimum absolute atomic E-state index is 0.0447. The number of rotatable bonds is 8. The van der Waals surface area contributed by atoms with Crippen molar-refractivity contribution in [2.75, 3.05) is 13.2 Å². The minimum Gasteiger partial charge on any atom is -0.460 e. The molecule has 0 radical (unpaired) electrons. The Morgan fingerprint density at radius 2 is 2.14 bits per heavy atom. The van der Waals surface area contributed by atoms with E-state index in [0.29, 0.717) is 16.9 Å². The van der Waals surface area contributed by atoms with Crippen molar-refractivity contribution in [3.63, 3.8) is 0 Å². The number of hydrogen-bond acceptors (Lipinski definition) is 7. The quantitative estimate of drug-likeness (QED) is 0.107. The van der Waals surface area contributed by atoms with Crippen LogP contribution in [-0.4, -0.2) is 31.7 Å². The van der Waals surface area contributed by atoms with Crippen LogP contribution >= 0.6 is 0 Å². The first-order chi connectivity index (χ1) is 10.1. The molecular formula is C14H14N2O5. The fourth-order valence-electron chi connectivity index (χ4n) is 1.15. The molecular weight excluding hydrogens is 276 g/mol. The second kappa shape index (κ2) is 9.19. The van der Waals surface area contributed by atoms with Crippen LogP contribution in [0.1, 0.15) is 6.92 Å². The highest BCUT2D eigenvalue weighted by Crippen LogP contribution is 2.19. The van der Waals surface area contributed by atoms with Crippen LogP contribution in [0.3, 0.4) is 0 Å². The minimum atomic E-state index is -0.486. The lowest BCUT2D eigenvalue weighted by atomic mass is 10.3. The maximum absolute atomic E-state index is 11.0. The summed E-state index contributed by atoms with van der Waals surface area (Å²) in [7, 11) is 0. The Morgan fingerprint density at radius 1 is 1.38 bits per heavy atom. The Kier molecular flexibility index (Phi) is 7.13. The van der Waals surface area contributed by atoms with Crippen LogP contribution in [0.2, 0.25) is 0 Å². The second-order valence-corrected chi connectivity index (χ2v) is 3.79. The zero-order valence-electron chi connectivity index (χ0n) is 11.4. The molecule has 0 heterocycles. The number of carbonyl (C=O) groups is 1. The maximum atomic E-state index is 11.0. The second-order valence-electron chi connectivity index (χ2n) is 3.79. The summed E-state index contributed by atoms with van der Waals surface area (Å²) in [4.78, 5) is 37.9. The molecule has 0 aliphatic carbocycles. The third-order valence-electron chi connectivity index (χ3n) is 2.07. The van der Waals surface area contributed by atoms with Gasteiger partial charge in [0.15, 0.2) is 0 Å². The molecule has 0 aromatic heterocycles. The summed E-state index contributed by atoms with van der Waals surface area (Å²) in [5, 5.41) is 0. The van der Waals surface area contributed by atoms with E-state index in [1.807, 2.05) is 0 Å².